The molecule has 0 unspecified atom stereocenters. The highest BCUT2D eigenvalue weighted by molar-refractivity contribution is 7.98. The van der Waals surface area contributed by atoms with Crippen molar-refractivity contribution in [2.75, 3.05) is 24.8 Å². The highest BCUT2D eigenvalue weighted by Gasteiger charge is 2.10. The zero-order chi connectivity index (χ0) is 17.4. The van der Waals surface area contributed by atoms with Crippen molar-refractivity contribution >= 4 is 29.3 Å². The average Bonchev–Trinajstić information content (AvgIpc) is 2.61. The van der Waals surface area contributed by atoms with Crippen LogP contribution in [0.15, 0.2) is 53.4 Å². The first-order chi connectivity index (χ1) is 11.6. The second-order valence-electron chi connectivity index (χ2n) is 4.81. The molecule has 0 heterocycles. The number of esters is 1. The summed E-state index contributed by atoms with van der Waals surface area (Å²) in [5, 5.41) is 2.70. The second-order valence-corrected chi connectivity index (χ2v) is 5.69. The van der Waals surface area contributed by atoms with Gasteiger partial charge in [0.1, 0.15) is 5.75 Å². The van der Waals surface area contributed by atoms with Gasteiger partial charge in [0.25, 0.3) is 5.91 Å². The van der Waals surface area contributed by atoms with E-state index >= 15 is 0 Å². The third-order valence-corrected chi connectivity index (χ3v) is 3.81. The van der Waals surface area contributed by atoms with Crippen molar-refractivity contribution in [1.29, 1.82) is 0 Å². The van der Waals surface area contributed by atoms with Crippen LogP contribution in [0.2, 0.25) is 0 Å². The fourth-order valence-corrected chi connectivity index (χ4v) is 2.43. The number of rotatable bonds is 7. The molecule has 24 heavy (non-hydrogen) atoms. The zero-order valence-electron chi connectivity index (χ0n) is 13.6. The molecular weight excluding hydrogens is 326 g/mol. The van der Waals surface area contributed by atoms with Crippen molar-refractivity contribution in [3.8, 4) is 5.75 Å². The number of carbonyl (C=O) groups is 2. The van der Waals surface area contributed by atoms with E-state index in [1.165, 1.54) is 0 Å². The van der Waals surface area contributed by atoms with Gasteiger partial charge < -0.3 is 14.8 Å². The molecule has 0 aliphatic heterocycles. The van der Waals surface area contributed by atoms with Crippen molar-refractivity contribution in [2.45, 2.75) is 11.8 Å². The van der Waals surface area contributed by atoms with Crippen LogP contribution in [0.1, 0.15) is 17.3 Å². The third kappa shape index (κ3) is 5.31. The number of thioether (sulfide) groups is 1. The number of hydrogen-bond donors (Lipinski definition) is 1. The Labute approximate surface area is 145 Å². The molecule has 0 fully saturated rings. The van der Waals surface area contributed by atoms with Crippen molar-refractivity contribution in [3.63, 3.8) is 0 Å². The summed E-state index contributed by atoms with van der Waals surface area (Å²) in [4.78, 5) is 24.8. The molecule has 0 aliphatic rings. The number of ether oxygens (including phenoxy) is 2. The van der Waals surface area contributed by atoms with E-state index in [1.54, 1.807) is 42.1 Å². The first-order valence-electron chi connectivity index (χ1n) is 7.46. The smallest absolute Gasteiger partial charge is 0.338 e. The maximum Gasteiger partial charge on any atom is 0.338 e. The summed E-state index contributed by atoms with van der Waals surface area (Å²) in [6, 6.07) is 14.0. The first kappa shape index (κ1) is 17.9. The topological polar surface area (TPSA) is 64.6 Å². The van der Waals surface area contributed by atoms with E-state index in [-0.39, 0.29) is 12.5 Å². The number of nitrogens with one attached hydrogen (secondary N) is 1. The summed E-state index contributed by atoms with van der Waals surface area (Å²) in [5.74, 6) is -0.251. The molecule has 0 spiro atoms. The highest BCUT2D eigenvalue weighted by atomic mass is 32.2. The Morgan fingerprint density at radius 3 is 2.54 bits per heavy atom. The Kier molecular flexibility index (Phi) is 6.69. The zero-order valence-corrected chi connectivity index (χ0v) is 14.4. The van der Waals surface area contributed by atoms with Crippen LogP contribution >= 0.6 is 11.8 Å². The van der Waals surface area contributed by atoms with Gasteiger partial charge in [-0.2, -0.15) is 0 Å². The molecule has 0 aromatic heterocycles. The lowest BCUT2D eigenvalue weighted by molar-refractivity contribution is -0.119. The van der Waals surface area contributed by atoms with Gasteiger partial charge in [-0.15, -0.1) is 11.8 Å². The summed E-state index contributed by atoms with van der Waals surface area (Å²) in [6.45, 7) is 2.10. The lowest BCUT2D eigenvalue weighted by atomic mass is 10.2. The van der Waals surface area contributed by atoms with Gasteiger partial charge >= 0.3 is 5.97 Å². The predicted octanol–water partition coefficient (Wildman–Crippen LogP) is 3.60. The molecule has 0 saturated heterocycles. The fourth-order valence-electron chi connectivity index (χ4n) is 1.97. The van der Waals surface area contributed by atoms with Gasteiger partial charge in [0.15, 0.2) is 6.61 Å². The van der Waals surface area contributed by atoms with E-state index in [0.717, 1.165) is 4.90 Å². The van der Waals surface area contributed by atoms with E-state index in [4.69, 9.17) is 9.47 Å². The molecule has 0 radical (unpaired) electrons. The van der Waals surface area contributed by atoms with Crippen molar-refractivity contribution in [3.05, 3.63) is 54.1 Å². The molecular formula is C18H19NO4S. The lowest BCUT2D eigenvalue weighted by Gasteiger charge is -2.08. The third-order valence-electron chi connectivity index (χ3n) is 3.09. The second kappa shape index (κ2) is 8.98. The Morgan fingerprint density at radius 2 is 1.88 bits per heavy atom. The summed E-state index contributed by atoms with van der Waals surface area (Å²) < 4.78 is 10.3. The number of anilines is 1. The summed E-state index contributed by atoms with van der Waals surface area (Å²) in [7, 11) is 0. The van der Waals surface area contributed by atoms with E-state index < -0.39 is 5.97 Å². The molecule has 5 nitrogen and oxygen atoms in total. The minimum Gasteiger partial charge on any atom is -0.494 e. The quantitative estimate of drug-likeness (QED) is 0.613. The minimum atomic E-state index is -0.550. The first-order valence-corrected chi connectivity index (χ1v) is 8.68. The SMILES string of the molecule is CCOc1ccc(C(=O)OCC(=O)Nc2cccc(SC)c2)cc1. The van der Waals surface area contributed by atoms with Gasteiger partial charge in [-0.3, -0.25) is 4.79 Å². The van der Waals surface area contributed by atoms with Crippen molar-refractivity contribution in [1.82, 2.24) is 0 Å². The van der Waals surface area contributed by atoms with Crippen LogP contribution in [-0.2, 0) is 9.53 Å². The van der Waals surface area contributed by atoms with Crippen LogP contribution in [0.5, 0.6) is 5.75 Å². The standard InChI is InChI=1S/C18H19NO4S/c1-3-22-15-9-7-13(8-10-15)18(21)23-12-17(20)19-14-5-4-6-16(11-14)24-2/h4-11H,3,12H2,1-2H3,(H,19,20). The monoisotopic (exact) mass is 345 g/mol. The molecule has 1 N–H and O–H groups in total. The van der Waals surface area contributed by atoms with Gasteiger partial charge in [0.2, 0.25) is 0 Å². The molecule has 1 amide bonds. The molecule has 6 heteroatoms. The molecule has 0 aliphatic carbocycles. The molecule has 0 atom stereocenters. The Bertz CT molecular complexity index is 700. The summed E-state index contributed by atoms with van der Waals surface area (Å²) in [5.41, 5.74) is 1.04. The molecule has 2 aromatic carbocycles. The number of amides is 1. The molecule has 0 saturated carbocycles. The van der Waals surface area contributed by atoms with E-state index in [2.05, 4.69) is 5.32 Å². The molecule has 0 bridgehead atoms. The molecule has 126 valence electrons. The van der Waals surface area contributed by atoms with Gasteiger partial charge in [0.05, 0.1) is 12.2 Å². The fraction of sp³-hybridized carbons (Fsp3) is 0.222. The molecule has 2 aromatic rings. The minimum absolute atomic E-state index is 0.338. The van der Waals surface area contributed by atoms with Crippen LogP contribution < -0.4 is 10.1 Å². The summed E-state index contributed by atoms with van der Waals surface area (Å²) in [6.07, 6.45) is 1.96. The van der Waals surface area contributed by atoms with Crippen LogP contribution in [0, 0.1) is 0 Å². The Morgan fingerprint density at radius 1 is 1.12 bits per heavy atom. The summed E-state index contributed by atoms with van der Waals surface area (Å²) >= 11 is 1.58. The predicted molar refractivity (Wildman–Crippen MR) is 94.7 cm³/mol. The van der Waals surface area contributed by atoms with Gasteiger partial charge in [-0.1, -0.05) is 6.07 Å². The Balaban J connectivity index is 1.85. The largest absolute Gasteiger partial charge is 0.494 e. The lowest BCUT2D eigenvalue weighted by Crippen LogP contribution is -2.20. The molecule has 2 rings (SSSR count). The number of benzene rings is 2. The van der Waals surface area contributed by atoms with E-state index in [1.807, 2.05) is 31.4 Å². The number of carbonyl (C=O) groups excluding carboxylic acids is 2. The van der Waals surface area contributed by atoms with Crippen LogP contribution in [0.4, 0.5) is 5.69 Å². The van der Waals surface area contributed by atoms with Gasteiger partial charge in [-0.05, 0) is 55.6 Å². The van der Waals surface area contributed by atoms with E-state index in [9.17, 15) is 9.59 Å². The number of hydrogen-bond acceptors (Lipinski definition) is 5. The van der Waals surface area contributed by atoms with Crippen molar-refractivity contribution in [2.24, 2.45) is 0 Å². The van der Waals surface area contributed by atoms with Crippen LogP contribution in [-0.4, -0.2) is 31.3 Å². The Hall–Kier alpha value is -2.47. The van der Waals surface area contributed by atoms with Crippen LogP contribution in [0.25, 0.3) is 0 Å². The van der Waals surface area contributed by atoms with Gasteiger partial charge in [0, 0.05) is 10.6 Å². The van der Waals surface area contributed by atoms with Crippen LogP contribution in [0.3, 0.4) is 0 Å². The highest BCUT2D eigenvalue weighted by Crippen LogP contribution is 2.19. The van der Waals surface area contributed by atoms with Gasteiger partial charge in [-0.25, -0.2) is 4.79 Å². The maximum absolute atomic E-state index is 11.9. The van der Waals surface area contributed by atoms with E-state index in [0.29, 0.717) is 23.6 Å². The maximum atomic E-state index is 11.9. The van der Waals surface area contributed by atoms with Crippen molar-refractivity contribution < 1.29 is 19.1 Å². The normalized spacial score (nSPS) is 10.1. The average molecular weight is 345 g/mol.